The average Bonchev–Trinajstić information content (AvgIpc) is 2.85. The van der Waals surface area contributed by atoms with Gasteiger partial charge in [0.2, 0.25) is 0 Å². The van der Waals surface area contributed by atoms with Crippen molar-refractivity contribution in [3.63, 3.8) is 0 Å². The average molecular weight is 261 g/mol. The summed E-state index contributed by atoms with van der Waals surface area (Å²) < 4.78 is 7.36. The molecule has 0 fully saturated rings. The number of hydrogen-bond acceptors (Lipinski definition) is 5. The first kappa shape index (κ1) is 13.5. The SMILES string of the molecule is CNC(c1ccncn1)c1c(OC)cnn1C(C)C. The van der Waals surface area contributed by atoms with E-state index in [-0.39, 0.29) is 12.1 Å². The van der Waals surface area contributed by atoms with Crippen LogP contribution in [0, 0.1) is 0 Å². The molecule has 19 heavy (non-hydrogen) atoms. The molecule has 6 nitrogen and oxygen atoms in total. The maximum Gasteiger partial charge on any atom is 0.162 e. The lowest BCUT2D eigenvalue weighted by molar-refractivity contribution is 0.395. The van der Waals surface area contributed by atoms with Crippen molar-refractivity contribution in [2.24, 2.45) is 0 Å². The lowest BCUT2D eigenvalue weighted by Crippen LogP contribution is -2.24. The molecule has 102 valence electrons. The molecule has 1 N–H and O–H groups in total. The molecule has 2 rings (SSSR count). The topological polar surface area (TPSA) is 64.9 Å². The molecule has 0 aliphatic carbocycles. The van der Waals surface area contributed by atoms with Crippen molar-refractivity contribution in [1.82, 2.24) is 25.1 Å². The maximum atomic E-state index is 5.41. The summed E-state index contributed by atoms with van der Waals surface area (Å²) in [5.41, 5.74) is 1.86. The molecule has 0 amide bonds. The van der Waals surface area contributed by atoms with E-state index < -0.39 is 0 Å². The van der Waals surface area contributed by atoms with E-state index in [0.29, 0.717) is 0 Å². The van der Waals surface area contributed by atoms with Crippen LogP contribution in [0.15, 0.2) is 24.8 Å². The highest BCUT2D eigenvalue weighted by Crippen LogP contribution is 2.30. The van der Waals surface area contributed by atoms with Crippen LogP contribution in [0.3, 0.4) is 0 Å². The molecule has 0 aliphatic heterocycles. The third-order valence-corrected chi connectivity index (χ3v) is 2.97. The van der Waals surface area contributed by atoms with Crippen molar-refractivity contribution in [3.8, 4) is 5.75 Å². The van der Waals surface area contributed by atoms with Crippen molar-refractivity contribution in [3.05, 3.63) is 36.2 Å². The predicted molar refractivity (Wildman–Crippen MR) is 72.1 cm³/mol. The van der Waals surface area contributed by atoms with Gasteiger partial charge in [0.1, 0.15) is 12.0 Å². The van der Waals surface area contributed by atoms with Gasteiger partial charge in [-0.25, -0.2) is 9.97 Å². The molecule has 2 heterocycles. The van der Waals surface area contributed by atoms with Crippen molar-refractivity contribution < 1.29 is 4.74 Å². The van der Waals surface area contributed by atoms with Gasteiger partial charge in [0.25, 0.3) is 0 Å². The maximum absolute atomic E-state index is 5.41. The van der Waals surface area contributed by atoms with Crippen LogP contribution >= 0.6 is 0 Å². The Bertz CT molecular complexity index is 523. The van der Waals surface area contributed by atoms with E-state index in [0.717, 1.165) is 17.1 Å². The Kier molecular flexibility index (Phi) is 4.11. The Balaban J connectivity index is 2.51. The second-order valence-electron chi connectivity index (χ2n) is 4.49. The molecule has 0 spiro atoms. The molecule has 0 saturated carbocycles. The normalized spacial score (nSPS) is 12.7. The van der Waals surface area contributed by atoms with Gasteiger partial charge in [-0.2, -0.15) is 5.10 Å². The Morgan fingerprint density at radius 2 is 2.16 bits per heavy atom. The lowest BCUT2D eigenvalue weighted by Gasteiger charge is -2.20. The van der Waals surface area contributed by atoms with Gasteiger partial charge in [0, 0.05) is 12.2 Å². The number of aromatic nitrogens is 4. The summed E-state index contributed by atoms with van der Waals surface area (Å²) in [6, 6.07) is 2.05. The Morgan fingerprint density at radius 1 is 1.37 bits per heavy atom. The molecule has 0 radical (unpaired) electrons. The minimum Gasteiger partial charge on any atom is -0.493 e. The molecule has 1 atom stereocenters. The van der Waals surface area contributed by atoms with E-state index in [9.17, 15) is 0 Å². The van der Waals surface area contributed by atoms with Gasteiger partial charge in [0.15, 0.2) is 5.75 Å². The second-order valence-corrected chi connectivity index (χ2v) is 4.49. The van der Waals surface area contributed by atoms with Crippen LogP contribution < -0.4 is 10.1 Å². The third-order valence-electron chi connectivity index (χ3n) is 2.97. The standard InChI is InChI=1S/C13H19N5O/c1-9(2)18-13(11(19-4)7-17-18)12(14-3)10-5-6-15-8-16-10/h5-9,12,14H,1-4H3. The van der Waals surface area contributed by atoms with Crippen LogP contribution in [-0.2, 0) is 0 Å². The number of ether oxygens (including phenoxy) is 1. The molecule has 0 aromatic carbocycles. The minimum atomic E-state index is -0.0807. The summed E-state index contributed by atoms with van der Waals surface area (Å²) in [7, 11) is 3.54. The quantitative estimate of drug-likeness (QED) is 0.885. The van der Waals surface area contributed by atoms with Gasteiger partial charge < -0.3 is 10.1 Å². The first-order valence-corrected chi connectivity index (χ1v) is 6.23. The molecule has 2 aromatic heterocycles. The van der Waals surface area contributed by atoms with Crippen LogP contribution in [0.5, 0.6) is 5.75 Å². The van der Waals surface area contributed by atoms with E-state index in [2.05, 4.69) is 34.2 Å². The number of rotatable bonds is 5. The number of nitrogens with zero attached hydrogens (tertiary/aromatic N) is 4. The Hall–Kier alpha value is -1.95. The molecular weight excluding hydrogens is 242 g/mol. The zero-order valence-corrected chi connectivity index (χ0v) is 11.7. The van der Waals surface area contributed by atoms with Gasteiger partial charge in [-0.15, -0.1) is 0 Å². The zero-order chi connectivity index (χ0) is 13.8. The molecule has 0 saturated heterocycles. The van der Waals surface area contributed by atoms with Crippen molar-refractivity contribution in [1.29, 1.82) is 0 Å². The van der Waals surface area contributed by atoms with Crippen LogP contribution in [0.4, 0.5) is 0 Å². The van der Waals surface area contributed by atoms with Crippen LogP contribution in [-0.4, -0.2) is 33.9 Å². The summed E-state index contributed by atoms with van der Waals surface area (Å²) in [6.45, 7) is 4.17. The van der Waals surface area contributed by atoms with Crippen LogP contribution in [0.25, 0.3) is 0 Å². The number of hydrogen-bond donors (Lipinski definition) is 1. The van der Waals surface area contributed by atoms with Gasteiger partial charge in [-0.1, -0.05) is 0 Å². The first-order chi connectivity index (χ1) is 9.19. The number of nitrogens with one attached hydrogen (secondary N) is 1. The van der Waals surface area contributed by atoms with Crippen molar-refractivity contribution in [2.45, 2.75) is 25.9 Å². The fourth-order valence-electron chi connectivity index (χ4n) is 2.10. The van der Waals surface area contributed by atoms with E-state index in [4.69, 9.17) is 4.74 Å². The van der Waals surface area contributed by atoms with Gasteiger partial charge in [-0.3, -0.25) is 4.68 Å². The number of methoxy groups -OCH3 is 1. The molecule has 0 aliphatic rings. The Labute approximate surface area is 112 Å². The molecule has 2 aromatic rings. The first-order valence-electron chi connectivity index (χ1n) is 6.23. The molecule has 0 bridgehead atoms. The van der Waals surface area contributed by atoms with Gasteiger partial charge in [-0.05, 0) is 27.0 Å². The fraction of sp³-hybridized carbons (Fsp3) is 0.462. The molecular formula is C13H19N5O. The summed E-state index contributed by atoms with van der Waals surface area (Å²) in [6.07, 6.45) is 5.01. The predicted octanol–water partition coefficient (Wildman–Crippen LogP) is 1.57. The van der Waals surface area contributed by atoms with E-state index in [1.54, 1.807) is 25.8 Å². The second kappa shape index (κ2) is 5.79. The molecule has 6 heteroatoms. The summed E-state index contributed by atoms with van der Waals surface area (Å²) >= 11 is 0. The monoisotopic (exact) mass is 261 g/mol. The third kappa shape index (κ3) is 2.58. The lowest BCUT2D eigenvalue weighted by atomic mass is 10.1. The van der Waals surface area contributed by atoms with Gasteiger partial charge in [0.05, 0.1) is 25.0 Å². The van der Waals surface area contributed by atoms with E-state index >= 15 is 0 Å². The largest absolute Gasteiger partial charge is 0.493 e. The summed E-state index contributed by atoms with van der Waals surface area (Å²) in [5, 5.41) is 7.65. The van der Waals surface area contributed by atoms with Crippen molar-refractivity contribution in [2.75, 3.05) is 14.2 Å². The summed E-state index contributed by atoms with van der Waals surface area (Å²) in [4.78, 5) is 8.26. The van der Waals surface area contributed by atoms with E-state index in [1.807, 2.05) is 17.8 Å². The smallest absolute Gasteiger partial charge is 0.162 e. The zero-order valence-electron chi connectivity index (χ0n) is 11.7. The summed E-state index contributed by atoms with van der Waals surface area (Å²) in [5.74, 6) is 0.756. The fourth-order valence-corrected chi connectivity index (χ4v) is 2.10. The highest BCUT2D eigenvalue weighted by Gasteiger charge is 2.24. The molecule has 1 unspecified atom stereocenters. The highest BCUT2D eigenvalue weighted by atomic mass is 16.5. The minimum absolute atomic E-state index is 0.0807. The van der Waals surface area contributed by atoms with Crippen LogP contribution in [0.1, 0.15) is 37.3 Å². The van der Waals surface area contributed by atoms with E-state index in [1.165, 1.54) is 0 Å². The van der Waals surface area contributed by atoms with Gasteiger partial charge >= 0.3 is 0 Å². The van der Waals surface area contributed by atoms with Crippen molar-refractivity contribution >= 4 is 0 Å². The Morgan fingerprint density at radius 3 is 2.68 bits per heavy atom. The highest BCUT2D eigenvalue weighted by molar-refractivity contribution is 5.33. The van der Waals surface area contributed by atoms with Crippen LogP contribution in [0.2, 0.25) is 0 Å².